The lowest BCUT2D eigenvalue weighted by atomic mass is 10.3. The maximum atomic E-state index is 5.39. The van der Waals surface area contributed by atoms with Crippen molar-refractivity contribution in [3.63, 3.8) is 0 Å². The fourth-order valence-corrected chi connectivity index (χ4v) is 2.26. The minimum atomic E-state index is 0.655. The van der Waals surface area contributed by atoms with E-state index in [0.717, 1.165) is 49.1 Å². The van der Waals surface area contributed by atoms with Crippen LogP contribution in [-0.2, 0) is 11.3 Å². The number of furan rings is 1. The molecule has 106 valence electrons. The van der Waals surface area contributed by atoms with Crippen LogP contribution in [0.3, 0.4) is 0 Å². The third kappa shape index (κ3) is 2.93. The Kier molecular flexibility index (Phi) is 3.87. The molecule has 0 spiro atoms. The van der Waals surface area contributed by atoms with E-state index < -0.39 is 0 Å². The van der Waals surface area contributed by atoms with Crippen LogP contribution < -0.4 is 10.2 Å². The highest BCUT2D eigenvalue weighted by molar-refractivity contribution is 5.49. The summed E-state index contributed by atoms with van der Waals surface area (Å²) in [5, 5.41) is 3.27. The molecule has 2 aromatic heterocycles. The standard InChI is InChI=1S/C15H19N3O2/c1-12-4-7-20-14(12)11-17-15-3-2-13(10-16-15)18-5-8-19-9-6-18/h2-4,7,10H,5-6,8-9,11H2,1H3,(H,16,17). The third-order valence-corrected chi connectivity index (χ3v) is 3.52. The number of anilines is 2. The van der Waals surface area contributed by atoms with Gasteiger partial charge in [0.05, 0.1) is 37.9 Å². The van der Waals surface area contributed by atoms with Gasteiger partial charge >= 0.3 is 0 Å². The van der Waals surface area contributed by atoms with Crippen molar-refractivity contribution in [1.82, 2.24) is 4.98 Å². The molecule has 3 heterocycles. The van der Waals surface area contributed by atoms with E-state index in [9.17, 15) is 0 Å². The number of nitrogens with zero attached hydrogens (tertiary/aromatic N) is 2. The van der Waals surface area contributed by atoms with Gasteiger partial charge in [-0.25, -0.2) is 4.98 Å². The molecule has 0 unspecified atom stereocenters. The molecule has 0 aromatic carbocycles. The molecule has 5 nitrogen and oxygen atoms in total. The monoisotopic (exact) mass is 273 g/mol. The minimum absolute atomic E-state index is 0.655. The Balaban J connectivity index is 1.59. The first-order valence-electron chi connectivity index (χ1n) is 6.88. The smallest absolute Gasteiger partial charge is 0.126 e. The zero-order valence-electron chi connectivity index (χ0n) is 11.6. The number of rotatable bonds is 4. The van der Waals surface area contributed by atoms with E-state index in [-0.39, 0.29) is 0 Å². The second-order valence-electron chi connectivity index (χ2n) is 4.88. The summed E-state index contributed by atoms with van der Waals surface area (Å²) < 4.78 is 10.7. The number of ether oxygens (including phenoxy) is 1. The summed E-state index contributed by atoms with van der Waals surface area (Å²) in [6, 6.07) is 6.06. The predicted octanol–water partition coefficient (Wildman–Crippen LogP) is 2.43. The van der Waals surface area contributed by atoms with E-state index >= 15 is 0 Å². The number of pyridine rings is 1. The van der Waals surface area contributed by atoms with Crippen LogP contribution in [0.2, 0.25) is 0 Å². The Morgan fingerprint density at radius 2 is 2.10 bits per heavy atom. The van der Waals surface area contributed by atoms with Crippen LogP contribution in [0.5, 0.6) is 0 Å². The molecule has 0 aliphatic carbocycles. The second kappa shape index (κ2) is 5.96. The van der Waals surface area contributed by atoms with Crippen molar-refractivity contribution in [2.45, 2.75) is 13.5 Å². The van der Waals surface area contributed by atoms with Crippen LogP contribution in [0.25, 0.3) is 0 Å². The van der Waals surface area contributed by atoms with Crippen molar-refractivity contribution >= 4 is 11.5 Å². The van der Waals surface area contributed by atoms with E-state index in [1.807, 2.05) is 25.3 Å². The Hall–Kier alpha value is -2.01. The fraction of sp³-hybridized carbons (Fsp3) is 0.400. The molecule has 1 fully saturated rings. The van der Waals surface area contributed by atoms with Gasteiger partial charge in [-0.15, -0.1) is 0 Å². The van der Waals surface area contributed by atoms with Crippen molar-refractivity contribution in [2.75, 3.05) is 36.5 Å². The highest BCUT2D eigenvalue weighted by Gasteiger charge is 2.11. The molecule has 0 amide bonds. The number of hydrogen-bond donors (Lipinski definition) is 1. The largest absolute Gasteiger partial charge is 0.467 e. The first kappa shape index (κ1) is 13.0. The first-order valence-corrected chi connectivity index (χ1v) is 6.88. The zero-order chi connectivity index (χ0) is 13.8. The molecule has 5 heteroatoms. The molecule has 1 N–H and O–H groups in total. The van der Waals surface area contributed by atoms with Crippen molar-refractivity contribution in [3.8, 4) is 0 Å². The van der Waals surface area contributed by atoms with Gasteiger partial charge in [-0.05, 0) is 30.7 Å². The Labute approximate surface area is 118 Å². The Bertz CT molecular complexity index is 545. The lowest BCUT2D eigenvalue weighted by Gasteiger charge is -2.28. The number of aromatic nitrogens is 1. The molecule has 0 bridgehead atoms. The van der Waals surface area contributed by atoms with Gasteiger partial charge in [-0.3, -0.25) is 0 Å². The van der Waals surface area contributed by atoms with Gasteiger partial charge in [0, 0.05) is 13.1 Å². The maximum Gasteiger partial charge on any atom is 0.126 e. The Morgan fingerprint density at radius 3 is 2.75 bits per heavy atom. The quantitative estimate of drug-likeness (QED) is 0.927. The number of aryl methyl sites for hydroxylation is 1. The van der Waals surface area contributed by atoms with Crippen LogP contribution in [0, 0.1) is 6.92 Å². The summed E-state index contributed by atoms with van der Waals surface area (Å²) in [5.74, 6) is 1.81. The first-order chi connectivity index (χ1) is 9.83. The summed E-state index contributed by atoms with van der Waals surface area (Å²) in [5.41, 5.74) is 2.30. The highest BCUT2D eigenvalue weighted by Crippen LogP contribution is 2.17. The number of hydrogen-bond acceptors (Lipinski definition) is 5. The lowest BCUT2D eigenvalue weighted by molar-refractivity contribution is 0.122. The van der Waals surface area contributed by atoms with Crippen molar-refractivity contribution in [1.29, 1.82) is 0 Å². The molecule has 1 aliphatic rings. The van der Waals surface area contributed by atoms with Crippen LogP contribution in [-0.4, -0.2) is 31.3 Å². The van der Waals surface area contributed by atoms with E-state index in [0.29, 0.717) is 6.54 Å². The SMILES string of the molecule is Cc1ccoc1CNc1ccc(N2CCOCC2)cn1. The van der Waals surface area contributed by atoms with Gasteiger partial charge in [0.1, 0.15) is 11.6 Å². The number of nitrogens with one attached hydrogen (secondary N) is 1. The van der Waals surface area contributed by atoms with Gasteiger partial charge in [-0.2, -0.15) is 0 Å². The van der Waals surface area contributed by atoms with Crippen LogP contribution in [0.4, 0.5) is 11.5 Å². The average Bonchev–Trinajstić information content (AvgIpc) is 2.92. The van der Waals surface area contributed by atoms with E-state index in [1.165, 1.54) is 0 Å². The predicted molar refractivity (Wildman–Crippen MR) is 78.0 cm³/mol. The molecule has 1 aliphatic heterocycles. The normalized spacial score (nSPS) is 15.3. The van der Waals surface area contributed by atoms with Crippen molar-refractivity contribution < 1.29 is 9.15 Å². The molecule has 3 rings (SSSR count). The van der Waals surface area contributed by atoms with Gasteiger partial charge in [0.15, 0.2) is 0 Å². The summed E-state index contributed by atoms with van der Waals surface area (Å²) in [6.45, 7) is 6.13. The summed E-state index contributed by atoms with van der Waals surface area (Å²) in [6.07, 6.45) is 3.62. The van der Waals surface area contributed by atoms with Gasteiger partial charge in [0.25, 0.3) is 0 Å². The molecular formula is C15H19N3O2. The summed E-state index contributed by atoms with van der Waals surface area (Å²) >= 11 is 0. The molecule has 0 atom stereocenters. The third-order valence-electron chi connectivity index (χ3n) is 3.52. The molecule has 20 heavy (non-hydrogen) atoms. The molecule has 0 radical (unpaired) electrons. The molecule has 1 saturated heterocycles. The van der Waals surface area contributed by atoms with Crippen molar-refractivity contribution in [2.24, 2.45) is 0 Å². The Morgan fingerprint density at radius 1 is 1.25 bits per heavy atom. The minimum Gasteiger partial charge on any atom is -0.467 e. The fourth-order valence-electron chi connectivity index (χ4n) is 2.26. The maximum absolute atomic E-state index is 5.39. The van der Waals surface area contributed by atoms with Crippen molar-refractivity contribution in [3.05, 3.63) is 42.0 Å². The topological polar surface area (TPSA) is 50.5 Å². The van der Waals surface area contributed by atoms with Gasteiger partial charge < -0.3 is 19.4 Å². The summed E-state index contributed by atoms with van der Waals surface area (Å²) in [4.78, 5) is 6.74. The van der Waals surface area contributed by atoms with Crippen LogP contribution in [0.1, 0.15) is 11.3 Å². The summed E-state index contributed by atoms with van der Waals surface area (Å²) in [7, 11) is 0. The van der Waals surface area contributed by atoms with E-state index in [1.54, 1.807) is 6.26 Å². The van der Waals surface area contributed by atoms with E-state index in [2.05, 4.69) is 21.3 Å². The van der Waals surface area contributed by atoms with E-state index in [4.69, 9.17) is 9.15 Å². The molecular weight excluding hydrogens is 254 g/mol. The van der Waals surface area contributed by atoms with Crippen LogP contribution >= 0.6 is 0 Å². The molecule has 2 aromatic rings. The number of morpholine rings is 1. The van der Waals surface area contributed by atoms with Gasteiger partial charge in [0.2, 0.25) is 0 Å². The zero-order valence-corrected chi connectivity index (χ0v) is 11.6. The van der Waals surface area contributed by atoms with Gasteiger partial charge in [-0.1, -0.05) is 0 Å². The molecule has 0 saturated carbocycles. The second-order valence-corrected chi connectivity index (χ2v) is 4.88. The lowest BCUT2D eigenvalue weighted by Crippen LogP contribution is -2.36. The van der Waals surface area contributed by atoms with Crippen LogP contribution in [0.15, 0.2) is 35.1 Å². The average molecular weight is 273 g/mol. The highest BCUT2D eigenvalue weighted by atomic mass is 16.5.